The maximum atomic E-state index is 13.8. The van der Waals surface area contributed by atoms with E-state index in [9.17, 15) is 34.8 Å². The molecule has 5 aromatic rings. The Morgan fingerprint density at radius 2 is 1.65 bits per heavy atom. The van der Waals surface area contributed by atoms with Crippen LogP contribution in [0.15, 0.2) is 106 Å². The van der Waals surface area contributed by atoms with E-state index in [0.717, 1.165) is 42.5 Å². The predicted octanol–water partition coefficient (Wildman–Crippen LogP) is 8.08. The number of alkyl halides is 3. The highest BCUT2D eigenvalue weighted by Gasteiger charge is 2.48. The minimum absolute atomic E-state index is 0.0190. The van der Waals surface area contributed by atoms with E-state index in [1.807, 2.05) is 22.9 Å². The van der Waals surface area contributed by atoms with Gasteiger partial charge in [0.1, 0.15) is 16.4 Å². The van der Waals surface area contributed by atoms with Crippen LogP contribution in [0, 0.1) is 5.41 Å². The molecule has 0 atom stereocenters. The van der Waals surface area contributed by atoms with Gasteiger partial charge in [0.2, 0.25) is 0 Å². The molecule has 6 rings (SSSR count). The second-order valence-corrected chi connectivity index (χ2v) is 19.9. The fraction of sp³-hybridized carbons (Fsp3) is 0.341. The molecular formula is C44H50ClF3N6O7S2. The van der Waals surface area contributed by atoms with Gasteiger partial charge in [-0.05, 0) is 109 Å². The van der Waals surface area contributed by atoms with Crippen molar-refractivity contribution in [3.8, 4) is 11.5 Å². The maximum absolute atomic E-state index is 13.8. The van der Waals surface area contributed by atoms with Crippen LogP contribution < -0.4 is 30.7 Å². The number of anilines is 2. The number of halogens is 4. The Morgan fingerprint density at radius 1 is 0.873 bits per heavy atom. The van der Waals surface area contributed by atoms with Crippen molar-refractivity contribution in [3.63, 3.8) is 0 Å². The Bertz CT molecular complexity index is 2670. The number of allylic oxidation sites excluding steroid dienone is 1. The lowest BCUT2D eigenvalue weighted by molar-refractivity contribution is -0.0435. The van der Waals surface area contributed by atoms with E-state index in [2.05, 4.69) is 52.2 Å². The first-order chi connectivity index (χ1) is 29.9. The number of fused-ring (bicyclic) bond motifs is 1. The molecule has 1 aliphatic rings. The number of benzene rings is 4. The Hall–Kier alpha value is -5.11. The number of H-pyrrole nitrogens is 1. The number of carbonyl (C=O) groups excluding carboxylic acids is 1. The summed E-state index contributed by atoms with van der Waals surface area (Å²) in [6.45, 7) is 6.81. The van der Waals surface area contributed by atoms with Crippen LogP contribution in [0.3, 0.4) is 0 Å². The van der Waals surface area contributed by atoms with Gasteiger partial charge in [0, 0.05) is 66.6 Å². The Kier molecular flexibility index (Phi) is 15.2. The topological polar surface area (TPSA) is 191 Å². The Morgan fingerprint density at radius 3 is 2.40 bits per heavy atom. The number of aromatic nitrogens is 1. The summed E-state index contributed by atoms with van der Waals surface area (Å²) in [7, 11) is -11.0. The van der Waals surface area contributed by atoms with Gasteiger partial charge in [0.15, 0.2) is 0 Å². The molecule has 0 saturated heterocycles. The van der Waals surface area contributed by atoms with Gasteiger partial charge in [0.05, 0.1) is 22.8 Å². The van der Waals surface area contributed by atoms with E-state index in [1.54, 1.807) is 30.5 Å². The minimum Gasteiger partial charge on any atom is -0.456 e. The zero-order valence-corrected chi connectivity index (χ0v) is 37.1. The highest BCUT2D eigenvalue weighted by atomic mass is 35.5. The summed E-state index contributed by atoms with van der Waals surface area (Å²) in [6.07, 6.45) is 5.01. The minimum atomic E-state index is -6.05. The second-order valence-electron chi connectivity index (χ2n) is 15.8. The zero-order chi connectivity index (χ0) is 45.4. The first kappa shape index (κ1) is 47.4. The van der Waals surface area contributed by atoms with Gasteiger partial charge in [-0.15, -0.1) is 0 Å². The molecule has 1 aliphatic carbocycles. The molecule has 338 valence electrons. The first-order valence-electron chi connectivity index (χ1n) is 20.3. The molecule has 1 aromatic heterocycles. The Balaban J connectivity index is 1.20. The molecule has 0 aliphatic heterocycles. The largest absolute Gasteiger partial charge is 0.501 e. The molecule has 0 spiro atoms. The zero-order valence-electron chi connectivity index (χ0n) is 34.7. The summed E-state index contributed by atoms with van der Waals surface area (Å²) >= 11 is 6.17. The molecule has 0 unspecified atom stereocenters. The van der Waals surface area contributed by atoms with Crippen molar-refractivity contribution in [1.82, 2.24) is 20.3 Å². The molecule has 13 nitrogen and oxygen atoms in total. The lowest BCUT2D eigenvalue weighted by Crippen LogP contribution is -2.31. The van der Waals surface area contributed by atoms with Gasteiger partial charge in [-0.2, -0.15) is 13.2 Å². The van der Waals surface area contributed by atoms with E-state index in [1.165, 1.54) is 23.3 Å². The fourth-order valence-corrected chi connectivity index (χ4v) is 9.38. The molecule has 0 radical (unpaired) electrons. The number of carbonyl (C=O) groups is 1. The number of rotatable bonds is 20. The first-order valence-corrected chi connectivity index (χ1v) is 23.6. The third-order valence-corrected chi connectivity index (χ3v) is 13.7. The van der Waals surface area contributed by atoms with Crippen molar-refractivity contribution in [2.45, 2.75) is 54.8 Å². The molecular weight excluding hydrogens is 881 g/mol. The monoisotopic (exact) mass is 930 g/mol. The molecule has 19 heteroatoms. The van der Waals surface area contributed by atoms with Crippen molar-refractivity contribution >= 4 is 65.2 Å². The molecule has 1 heterocycles. The third kappa shape index (κ3) is 11.9. The van der Waals surface area contributed by atoms with Crippen LogP contribution in [0.25, 0.3) is 16.5 Å². The SMILES string of the molecule is CC1(C)CCC(CNCCNc2ccc(C(=O)NS(=O)(=O)c3ccc(NCCCNCCO)c(S(=O)(=O)C(F)(F)F)c3)c(Oc3cccc4[nH]ccc34)c2)=C(c2ccc(Cl)cc2)C1. The van der Waals surface area contributed by atoms with E-state index in [-0.39, 0.29) is 36.4 Å². The summed E-state index contributed by atoms with van der Waals surface area (Å²) < 4.78 is 102. The van der Waals surface area contributed by atoms with Crippen LogP contribution in [-0.2, 0) is 19.9 Å². The number of aliphatic hydroxyl groups is 1. The quantitative estimate of drug-likeness (QED) is 0.0374. The fourth-order valence-electron chi connectivity index (χ4n) is 7.23. The highest BCUT2D eigenvalue weighted by molar-refractivity contribution is 7.92. The van der Waals surface area contributed by atoms with Crippen molar-refractivity contribution < 1.29 is 44.6 Å². The molecule has 0 bridgehead atoms. The smallest absolute Gasteiger partial charge is 0.456 e. The lowest BCUT2D eigenvalue weighted by atomic mass is 9.72. The number of aromatic amines is 1. The van der Waals surface area contributed by atoms with Crippen LogP contribution in [-0.4, -0.2) is 84.2 Å². The van der Waals surface area contributed by atoms with Crippen LogP contribution in [0.5, 0.6) is 11.5 Å². The number of ether oxygens (including phenoxy) is 1. The number of amides is 1. The maximum Gasteiger partial charge on any atom is 0.501 e. The van der Waals surface area contributed by atoms with Crippen molar-refractivity contribution in [3.05, 3.63) is 113 Å². The number of hydrogen-bond donors (Lipinski definition) is 7. The molecule has 7 N–H and O–H groups in total. The molecule has 0 fully saturated rings. The Labute approximate surface area is 369 Å². The van der Waals surface area contributed by atoms with Crippen LogP contribution in [0.4, 0.5) is 24.5 Å². The van der Waals surface area contributed by atoms with Crippen LogP contribution >= 0.6 is 11.6 Å². The van der Waals surface area contributed by atoms with E-state index < -0.39 is 46.8 Å². The summed E-state index contributed by atoms with van der Waals surface area (Å²) in [6, 6.07) is 21.5. The van der Waals surface area contributed by atoms with Gasteiger partial charge in [0.25, 0.3) is 25.8 Å². The van der Waals surface area contributed by atoms with Crippen LogP contribution in [0.1, 0.15) is 55.5 Å². The average Bonchev–Trinajstić information content (AvgIpc) is 3.72. The number of aliphatic hydroxyl groups excluding tert-OH is 1. The number of sulfonamides is 1. The summed E-state index contributed by atoms with van der Waals surface area (Å²) in [5.41, 5.74) is -1.21. The van der Waals surface area contributed by atoms with E-state index in [0.29, 0.717) is 60.5 Å². The lowest BCUT2D eigenvalue weighted by Gasteiger charge is -2.34. The van der Waals surface area contributed by atoms with Crippen molar-refractivity contribution in [2.75, 3.05) is 56.5 Å². The summed E-state index contributed by atoms with van der Waals surface area (Å²) in [5.74, 6) is -0.873. The van der Waals surface area contributed by atoms with Gasteiger partial charge >= 0.3 is 5.51 Å². The normalized spacial score (nSPS) is 14.5. The number of hydrogen-bond acceptors (Lipinski definition) is 11. The predicted molar refractivity (Wildman–Crippen MR) is 240 cm³/mol. The van der Waals surface area contributed by atoms with Gasteiger partial charge in [-0.3, -0.25) is 4.79 Å². The third-order valence-electron chi connectivity index (χ3n) is 10.6. The number of nitrogens with one attached hydrogen (secondary N) is 6. The van der Waals surface area contributed by atoms with Crippen molar-refractivity contribution in [2.24, 2.45) is 5.41 Å². The standard InChI is InChI=1S/C44H50ClF3N6O7S2/c1-43(2)17-15-30(36(27-43)29-7-9-31(45)10-8-29)28-50-21-22-51-32-11-13-35(40(25-32)61-39-6-3-5-37-34(39)16-20-53-37)42(56)54-63(59,60)33-12-14-38(52-19-4-18-49-23-24-55)41(26-33)62(57,58)44(46,47)48/h3,5-14,16,20,25-26,49-53,55H,4,15,17-19,21-24,27-28H2,1-2H3,(H,54,56). The van der Waals surface area contributed by atoms with E-state index >= 15 is 0 Å². The van der Waals surface area contributed by atoms with E-state index in [4.69, 9.17) is 21.4 Å². The summed E-state index contributed by atoms with van der Waals surface area (Å²) in [5, 5.41) is 22.6. The number of sulfone groups is 1. The molecule has 4 aromatic carbocycles. The van der Waals surface area contributed by atoms with Gasteiger partial charge in [-0.25, -0.2) is 21.6 Å². The summed E-state index contributed by atoms with van der Waals surface area (Å²) in [4.78, 5) is 14.7. The van der Waals surface area contributed by atoms with Crippen molar-refractivity contribution in [1.29, 1.82) is 0 Å². The molecule has 1 amide bonds. The average molecular weight is 932 g/mol. The molecule has 63 heavy (non-hydrogen) atoms. The van der Waals surface area contributed by atoms with Crippen LogP contribution in [0.2, 0.25) is 5.02 Å². The highest BCUT2D eigenvalue weighted by Crippen LogP contribution is 2.43. The second kappa shape index (κ2) is 20.2. The molecule has 0 saturated carbocycles. The van der Waals surface area contributed by atoms with Gasteiger partial charge in [-0.1, -0.05) is 49.2 Å². The van der Waals surface area contributed by atoms with Gasteiger partial charge < -0.3 is 36.1 Å².